The van der Waals surface area contributed by atoms with E-state index in [2.05, 4.69) is 22.0 Å². The Hall–Kier alpha value is -2.82. The van der Waals surface area contributed by atoms with E-state index in [-0.39, 0.29) is 11.9 Å². The van der Waals surface area contributed by atoms with Gasteiger partial charge in [-0.2, -0.15) is 0 Å². The quantitative estimate of drug-likeness (QED) is 0.752. The maximum Gasteiger partial charge on any atom is 0.323 e. The first-order chi connectivity index (χ1) is 12.5. The van der Waals surface area contributed by atoms with Crippen molar-refractivity contribution in [3.05, 3.63) is 59.2 Å². The average Bonchev–Trinajstić information content (AvgIpc) is 3.07. The number of anilines is 2. The van der Waals surface area contributed by atoms with Crippen LogP contribution in [0.3, 0.4) is 0 Å². The van der Waals surface area contributed by atoms with Gasteiger partial charge in [0.1, 0.15) is 0 Å². The zero-order valence-electron chi connectivity index (χ0n) is 15.3. The Morgan fingerprint density at radius 1 is 0.846 bits per heavy atom. The first kappa shape index (κ1) is 18.0. The van der Waals surface area contributed by atoms with Crippen LogP contribution in [0.5, 0.6) is 0 Å². The summed E-state index contributed by atoms with van der Waals surface area (Å²) in [5, 5.41) is 8.68. The van der Waals surface area contributed by atoms with E-state index in [1.165, 1.54) is 12.8 Å². The number of benzene rings is 2. The van der Waals surface area contributed by atoms with Gasteiger partial charge in [-0.25, -0.2) is 4.79 Å². The van der Waals surface area contributed by atoms with E-state index < -0.39 is 0 Å². The number of rotatable bonds is 4. The second kappa shape index (κ2) is 8.04. The van der Waals surface area contributed by atoms with Crippen LogP contribution < -0.4 is 16.0 Å². The summed E-state index contributed by atoms with van der Waals surface area (Å²) in [4.78, 5) is 24.4. The molecule has 0 aromatic heterocycles. The molecule has 2 aromatic carbocycles. The predicted molar refractivity (Wildman–Crippen MR) is 105 cm³/mol. The molecule has 0 atom stereocenters. The third-order valence-electron chi connectivity index (χ3n) is 4.57. The van der Waals surface area contributed by atoms with Crippen molar-refractivity contribution in [2.24, 2.45) is 0 Å². The molecule has 3 amide bonds. The largest absolute Gasteiger partial charge is 0.349 e. The maximum atomic E-state index is 12.2. The number of urea groups is 1. The predicted octanol–water partition coefficient (Wildman–Crippen LogP) is 4.62. The van der Waals surface area contributed by atoms with Crippen molar-refractivity contribution in [2.75, 3.05) is 10.6 Å². The molecule has 0 radical (unpaired) electrons. The second-order valence-corrected chi connectivity index (χ2v) is 6.99. The molecule has 3 rings (SSSR count). The van der Waals surface area contributed by atoms with Crippen molar-refractivity contribution >= 4 is 23.3 Å². The van der Waals surface area contributed by atoms with Gasteiger partial charge >= 0.3 is 6.03 Å². The molecular weight excluding hydrogens is 326 g/mol. The SMILES string of the molecule is Cc1cc(C)cc(NC(=O)Nc2ccc(C(=O)NC3CCCC3)cc2)c1. The van der Waals surface area contributed by atoms with Gasteiger partial charge in [0.2, 0.25) is 0 Å². The van der Waals surface area contributed by atoms with Gasteiger partial charge < -0.3 is 16.0 Å². The van der Waals surface area contributed by atoms with E-state index in [0.717, 1.165) is 29.7 Å². The van der Waals surface area contributed by atoms with Crippen LogP contribution in [-0.4, -0.2) is 18.0 Å². The summed E-state index contributed by atoms with van der Waals surface area (Å²) in [6.45, 7) is 3.98. The van der Waals surface area contributed by atoms with Crippen LogP contribution in [0.25, 0.3) is 0 Å². The highest BCUT2D eigenvalue weighted by atomic mass is 16.2. The fourth-order valence-corrected chi connectivity index (χ4v) is 3.38. The van der Waals surface area contributed by atoms with Crippen LogP contribution in [0.15, 0.2) is 42.5 Å². The second-order valence-electron chi connectivity index (χ2n) is 6.99. The summed E-state index contributed by atoms with van der Waals surface area (Å²) in [7, 11) is 0. The Balaban J connectivity index is 1.56. The molecule has 0 saturated heterocycles. The third kappa shape index (κ3) is 4.85. The number of amides is 3. The highest BCUT2D eigenvalue weighted by Gasteiger charge is 2.17. The first-order valence-electron chi connectivity index (χ1n) is 9.07. The van der Waals surface area contributed by atoms with Crippen molar-refractivity contribution in [1.82, 2.24) is 5.32 Å². The smallest absolute Gasteiger partial charge is 0.323 e. The van der Waals surface area contributed by atoms with Crippen molar-refractivity contribution in [2.45, 2.75) is 45.6 Å². The van der Waals surface area contributed by atoms with Gasteiger partial charge in [-0.3, -0.25) is 4.79 Å². The van der Waals surface area contributed by atoms with E-state index in [1.807, 2.05) is 26.0 Å². The maximum absolute atomic E-state index is 12.2. The molecule has 1 fully saturated rings. The molecule has 136 valence electrons. The Morgan fingerprint density at radius 3 is 2.04 bits per heavy atom. The Bertz CT molecular complexity index is 773. The number of hydrogen-bond donors (Lipinski definition) is 3. The number of carbonyl (C=O) groups excluding carboxylic acids is 2. The minimum absolute atomic E-state index is 0.0527. The monoisotopic (exact) mass is 351 g/mol. The molecular formula is C21H25N3O2. The van der Waals surface area contributed by atoms with Gasteiger partial charge in [-0.1, -0.05) is 18.9 Å². The average molecular weight is 351 g/mol. The molecule has 1 aliphatic carbocycles. The molecule has 5 nitrogen and oxygen atoms in total. The fourth-order valence-electron chi connectivity index (χ4n) is 3.38. The summed E-state index contributed by atoms with van der Waals surface area (Å²) in [5.41, 5.74) is 4.20. The Kier molecular flexibility index (Phi) is 5.56. The van der Waals surface area contributed by atoms with Crippen LogP contribution in [-0.2, 0) is 0 Å². The van der Waals surface area contributed by atoms with Crippen molar-refractivity contribution in [3.63, 3.8) is 0 Å². The molecule has 0 spiro atoms. The van der Waals surface area contributed by atoms with Crippen LogP contribution in [0, 0.1) is 13.8 Å². The normalized spacial score (nSPS) is 14.1. The highest BCUT2D eigenvalue weighted by molar-refractivity contribution is 6.00. The lowest BCUT2D eigenvalue weighted by Crippen LogP contribution is -2.32. The standard InChI is InChI=1S/C21H25N3O2/c1-14-11-15(2)13-19(12-14)24-21(26)23-18-9-7-16(8-10-18)20(25)22-17-5-3-4-6-17/h7-13,17H,3-6H2,1-2H3,(H,22,25)(H2,23,24,26). The van der Waals surface area contributed by atoms with E-state index >= 15 is 0 Å². The van der Waals surface area contributed by atoms with Crippen LogP contribution in [0.1, 0.15) is 47.2 Å². The lowest BCUT2D eigenvalue weighted by Gasteiger charge is -2.12. The number of carbonyl (C=O) groups is 2. The van der Waals surface area contributed by atoms with Crippen LogP contribution in [0.4, 0.5) is 16.2 Å². The fraction of sp³-hybridized carbons (Fsp3) is 0.333. The lowest BCUT2D eigenvalue weighted by molar-refractivity contribution is 0.0938. The van der Waals surface area contributed by atoms with E-state index in [0.29, 0.717) is 17.3 Å². The Morgan fingerprint density at radius 2 is 1.42 bits per heavy atom. The summed E-state index contributed by atoms with van der Waals surface area (Å²) in [6.07, 6.45) is 4.49. The van der Waals surface area contributed by atoms with E-state index in [9.17, 15) is 9.59 Å². The number of hydrogen-bond acceptors (Lipinski definition) is 2. The minimum atomic E-state index is -0.307. The third-order valence-corrected chi connectivity index (χ3v) is 4.57. The minimum Gasteiger partial charge on any atom is -0.349 e. The van der Waals surface area contributed by atoms with Gasteiger partial charge in [0.15, 0.2) is 0 Å². The molecule has 1 aliphatic rings. The summed E-state index contributed by atoms with van der Waals surface area (Å²) in [5.74, 6) is -0.0527. The molecule has 26 heavy (non-hydrogen) atoms. The lowest BCUT2D eigenvalue weighted by atomic mass is 10.1. The zero-order valence-corrected chi connectivity index (χ0v) is 15.3. The van der Waals surface area contributed by atoms with Gasteiger partial charge in [-0.05, 0) is 74.2 Å². The molecule has 0 heterocycles. The Labute approximate surface area is 154 Å². The molecule has 5 heteroatoms. The molecule has 0 aliphatic heterocycles. The number of aryl methyl sites for hydroxylation is 2. The van der Waals surface area contributed by atoms with Gasteiger partial charge in [0.05, 0.1) is 0 Å². The summed E-state index contributed by atoms with van der Waals surface area (Å²) in [6, 6.07) is 12.8. The summed E-state index contributed by atoms with van der Waals surface area (Å²) < 4.78 is 0. The van der Waals surface area contributed by atoms with Gasteiger partial charge in [-0.15, -0.1) is 0 Å². The van der Waals surface area contributed by atoms with E-state index in [1.54, 1.807) is 24.3 Å². The molecule has 1 saturated carbocycles. The molecule has 3 N–H and O–H groups in total. The first-order valence-corrected chi connectivity index (χ1v) is 9.07. The van der Waals surface area contributed by atoms with Crippen LogP contribution >= 0.6 is 0 Å². The topological polar surface area (TPSA) is 70.2 Å². The number of nitrogens with one attached hydrogen (secondary N) is 3. The summed E-state index contributed by atoms with van der Waals surface area (Å²) >= 11 is 0. The molecule has 2 aromatic rings. The van der Waals surface area contributed by atoms with Crippen molar-refractivity contribution < 1.29 is 9.59 Å². The van der Waals surface area contributed by atoms with E-state index in [4.69, 9.17) is 0 Å². The van der Waals surface area contributed by atoms with Gasteiger partial charge in [0.25, 0.3) is 5.91 Å². The van der Waals surface area contributed by atoms with Crippen LogP contribution in [0.2, 0.25) is 0 Å². The molecule has 0 bridgehead atoms. The molecule has 0 unspecified atom stereocenters. The van der Waals surface area contributed by atoms with Crippen molar-refractivity contribution in [1.29, 1.82) is 0 Å². The zero-order chi connectivity index (χ0) is 18.5. The van der Waals surface area contributed by atoms with Gasteiger partial charge in [0, 0.05) is 23.0 Å². The van der Waals surface area contributed by atoms with Crippen molar-refractivity contribution in [3.8, 4) is 0 Å². The highest BCUT2D eigenvalue weighted by Crippen LogP contribution is 2.19.